The minimum atomic E-state index is -4.85. The number of amides is 1. The summed E-state index contributed by atoms with van der Waals surface area (Å²) in [6.07, 6.45) is -4.48. The molecule has 1 atom stereocenters. The molecule has 2 aromatic rings. The first kappa shape index (κ1) is 25.8. The molecule has 1 unspecified atom stereocenters. The molecule has 1 amide bonds. The topological polar surface area (TPSA) is 94.7 Å². The summed E-state index contributed by atoms with van der Waals surface area (Å²) in [5, 5.41) is 13.4. The fourth-order valence-corrected chi connectivity index (χ4v) is 4.63. The Hall–Kier alpha value is -1.79. The highest BCUT2D eigenvalue weighted by Gasteiger charge is 2.38. The number of hydrogen-bond donors (Lipinski definition) is 3. The number of aliphatic hydroxyl groups is 1. The van der Waals surface area contributed by atoms with Crippen LogP contribution < -0.4 is 14.9 Å². The molecule has 2 heterocycles. The Bertz CT molecular complexity index is 1050. The van der Waals surface area contributed by atoms with Gasteiger partial charge in [-0.05, 0) is 31.9 Å². The highest BCUT2D eigenvalue weighted by atomic mass is 35.5. The lowest BCUT2D eigenvalue weighted by Crippen LogP contribution is -2.45. The zero-order valence-corrected chi connectivity index (χ0v) is 19.8. The molecule has 1 fully saturated rings. The second-order valence-corrected chi connectivity index (χ2v) is 9.45. The molecular formula is C20H22Cl2F3N3O4S. The van der Waals surface area contributed by atoms with Crippen molar-refractivity contribution in [1.29, 1.82) is 0 Å². The molecule has 1 aliphatic heterocycles. The van der Waals surface area contributed by atoms with Gasteiger partial charge in [-0.3, -0.25) is 9.59 Å². The molecule has 13 heteroatoms. The molecule has 1 saturated heterocycles. The number of carbonyl (C=O) groups is 1. The fourth-order valence-electron chi connectivity index (χ4n) is 3.49. The number of alkyl halides is 3. The molecule has 3 N–H and O–H groups in total. The number of nitrogens with zero attached hydrogens (tertiary/aromatic N) is 1. The van der Waals surface area contributed by atoms with E-state index in [1.807, 2.05) is 11.8 Å². The first-order valence-corrected chi connectivity index (χ1v) is 11.6. The molecule has 0 spiro atoms. The van der Waals surface area contributed by atoms with Crippen molar-refractivity contribution >= 4 is 40.4 Å². The van der Waals surface area contributed by atoms with Crippen molar-refractivity contribution in [2.45, 2.75) is 38.1 Å². The van der Waals surface area contributed by atoms with E-state index < -0.39 is 33.6 Å². The summed E-state index contributed by atoms with van der Waals surface area (Å²) in [6.45, 7) is 3.07. The Kier molecular flexibility index (Phi) is 8.33. The van der Waals surface area contributed by atoms with Gasteiger partial charge in [0.1, 0.15) is 22.4 Å². The third-order valence-corrected chi connectivity index (χ3v) is 7.00. The highest BCUT2D eigenvalue weighted by Crippen LogP contribution is 2.33. The number of ether oxygens (including phenoxy) is 1. The molecule has 1 aromatic carbocycles. The maximum atomic E-state index is 12.9. The van der Waals surface area contributed by atoms with Gasteiger partial charge in [-0.15, -0.1) is 0 Å². The number of aromatic amines is 1. The Morgan fingerprint density at radius 3 is 2.67 bits per heavy atom. The van der Waals surface area contributed by atoms with Gasteiger partial charge < -0.3 is 25.0 Å². The number of aliphatic hydroxyl groups excluding tert-OH is 1. The number of β-amino-alcohol motifs (C(OH)–C–C–N with tert-alkyl or cyclic N) is 1. The lowest BCUT2D eigenvalue weighted by Gasteiger charge is -2.33. The van der Waals surface area contributed by atoms with Gasteiger partial charge in [0.05, 0.1) is 16.1 Å². The minimum absolute atomic E-state index is 0.0359. The van der Waals surface area contributed by atoms with E-state index in [1.165, 1.54) is 0 Å². The van der Waals surface area contributed by atoms with Crippen LogP contribution in [0.1, 0.15) is 33.8 Å². The van der Waals surface area contributed by atoms with Crippen LogP contribution in [-0.4, -0.2) is 59.3 Å². The quantitative estimate of drug-likeness (QED) is 0.510. The number of H-pyrrole nitrogens is 1. The van der Waals surface area contributed by atoms with Crippen molar-refractivity contribution in [3.8, 4) is 5.75 Å². The summed E-state index contributed by atoms with van der Waals surface area (Å²) < 4.78 is 44.8. The number of carbonyl (C=O) groups excluding carboxylic acids is 1. The number of rotatable bonds is 7. The fraction of sp³-hybridized carbons (Fsp3) is 0.500. The number of nitrogens with one attached hydrogen (secondary N) is 2. The van der Waals surface area contributed by atoms with Crippen molar-refractivity contribution in [3.63, 3.8) is 0 Å². The van der Waals surface area contributed by atoms with Crippen molar-refractivity contribution in [3.05, 3.63) is 48.0 Å². The molecule has 0 saturated carbocycles. The molecule has 0 bridgehead atoms. The van der Waals surface area contributed by atoms with Crippen LogP contribution in [0.3, 0.4) is 0 Å². The van der Waals surface area contributed by atoms with Crippen LogP contribution in [0, 0.1) is 6.92 Å². The van der Waals surface area contributed by atoms with Gasteiger partial charge in [0.2, 0.25) is 0 Å². The number of aromatic nitrogens is 1. The van der Waals surface area contributed by atoms with E-state index in [0.29, 0.717) is 41.7 Å². The average Bonchev–Trinajstić information content (AvgIpc) is 3.16. The Morgan fingerprint density at radius 1 is 1.36 bits per heavy atom. The maximum absolute atomic E-state index is 12.9. The van der Waals surface area contributed by atoms with Crippen molar-refractivity contribution < 1.29 is 27.8 Å². The van der Waals surface area contributed by atoms with Gasteiger partial charge in [-0.2, -0.15) is 13.2 Å². The van der Waals surface area contributed by atoms with Crippen molar-refractivity contribution in [2.24, 2.45) is 0 Å². The predicted molar refractivity (Wildman–Crippen MR) is 120 cm³/mol. The summed E-state index contributed by atoms with van der Waals surface area (Å²) >= 11 is 12.3. The van der Waals surface area contributed by atoms with E-state index >= 15 is 0 Å². The van der Waals surface area contributed by atoms with Crippen LogP contribution >= 0.6 is 34.5 Å². The van der Waals surface area contributed by atoms with Crippen LogP contribution in [0.4, 0.5) is 13.2 Å². The van der Waals surface area contributed by atoms with E-state index in [2.05, 4.69) is 5.32 Å². The van der Waals surface area contributed by atoms with Gasteiger partial charge in [0.25, 0.3) is 5.91 Å². The molecule has 0 radical (unpaired) electrons. The van der Waals surface area contributed by atoms with Crippen LogP contribution in [0.25, 0.3) is 0 Å². The van der Waals surface area contributed by atoms with Crippen molar-refractivity contribution in [1.82, 2.24) is 15.2 Å². The van der Waals surface area contributed by atoms with Gasteiger partial charge >= 0.3 is 11.0 Å². The molecule has 0 aliphatic carbocycles. The Labute approximate surface area is 201 Å². The Morgan fingerprint density at radius 2 is 2.03 bits per heavy atom. The molecule has 182 valence electrons. The molecule has 3 rings (SSSR count). The lowest BCUT2D eigenvalue weighted by atomic mass is 10.1. The molecule has 1 aliphatic rings. The normalized spacial score (nSPS) is 16.6. The maximum Gasteiger partial charge on any atom is 0.432 e. The number of benzene rings is 1. The summed E-state index contributed by atoms with van der Waals surface area (Å²) in [5.41, 5.74) is -0.623. The zero-order chi connectivity index (χ0) is 24.3. The van der Waals surface area contributed by atoms with Crippen LogP contribution in [-0.2, 0) is 6.18 Å². The second kappa shape index (κ2) is 10.6. The van der Waals surface area contributed by atoms with Gasteiger partial charge in [0, 0.05) is 31.7 Å². The SMILES string of the molecule is Cc1c(OC2CCN(CC(O)CNC(=O)c3sc(=O)[nH]c3C(F)(F)F)CC2)ccc(Cl)c1Cl. The van der Waals surface area contributed by atoms with Crippen molar-refractivity contribution in [2.75, 3.05) is 26.2 Å². The average molecular weight is 528 g/mol. The highest BCUT2D eigenvalue weighted by molar-refractivity contribution is 7.11. The number of halogens is 5. The smallest absolute Gasteiger partial charge is 0.432 e. The predicted octanol–water partition coefficient (Wildman–Crippen LogP) is 3.70. The summed E-state index contributed by atoms with van der Waals surface area (Å²) in [5.74, 6) is -0.398. The third-order valence-electron chi connectivity index (χ3n) is 5.22. The lowest BCUT2D eigenvalue weighted by molar-refractivity contribution is -0.141. The van der Waals surface area contributed by atoms with E-state index in [0.717, 1.165) is 5.56 Å². The molecule has 33 heavy (non-hydrogen) atoms. The molecular weight excluding hydrogens is 506 g/mol. The number of piperidine rings is 1. The summed E-state index contributed by atoms with van der Waals surface area (Å²) in [7, 11) is 0. The van der Waals surface area contributed by atoms with E-state index in [4.69, 9.17) is 27.9 Å². The van der Waals surface area contributed by atoms with E-state index in [-0.39, 0.29) is 30.5 Å². The monoisotopic (exact) mass is 527 g/mol. The summed E-state index contributed by atoms with van der Waals surface area (Å²) in [4.78, 5) is 25.2. The Balaban J connectivity index is 1.45. The van der Waals surface area contributed by atoms with Crippen LogP contribution in [0.2, 0.25) is 10.0 Å². The standard InChI is InChI=1S/C20H22Cl2F3N3O4S/c1-10-14(3-2-13(21)15(10)22)32-12-4-6-28(7-5-12)9-11(29)8-26-18(30)16-17(20(23,24)25)27-19(31)33-16/h2-3,11-12,29H,4-9H2,1H3,(H,26,30)(H,27,31). The zero-order valence-electron chi connectivity index (χ0n) is 17.5. The first-order valence-electron chi connectivity index (χ1n) is 10.1. The van der Waals surface area contributed by atoms with Gasteiger partial charge in [-0.25, -0.2) is 0 Å². The van der Waals surface area contributed by atoms with E-state index in [1.54, 1.807) is 17.1 Å². The number of hydrogen-bond acceptors (Lipinski definition) is 6. The van der Waals surface area contributed by atoms with Crippen LogP contribution in [0.5, 0.6) is 5.75 Å². The van der Waals surface area contributed by atoms with Gasteiger partial charge in [-0.1, -0.05) is 34.5 Å². The van der Waals surface area contributed by atoms with Crippen LogP contribution in [0.15, 0.2) is 16.9 Å². The third kappa shape index (κ3) is 6.63. The number of likely N-dealkylation sites (tertiary alicyclic amines) is 1. The largest absolute Gasteiger partial charge is 0.490 e. The van der Waals surface area contributed by atoms with Gasteiger partial charge in [0.15, 0.2) is 0 Å². The summed E-state index contributed by atoms with van der Waals surface area (Å²) in [6, 6.07) is 3.45. The van der Waals surface area contributed by atoms with E-state index in [9.17, 15) is 27.9 Å². The molecule has 1 aromatic heterocycles. The molecule has 7 nitrogen and oxygen atoms in total. The number of thiazole rings is 1. The first-order chi connectivity index (χ1) is 15.5. The second-order valence-electron chi connectivity index (χ2n) is 7.68. The minimum Gasteiger partial charge on any atom is -0.490 e.